The highest BCUT2D eigenvalue weighted by Crippen LogP contribution is 2.26. The fraction of sp³-hybridized carbons (Fsp3) is 0.294. The zero-order valence-corrected chi connectivity index (χ0v) is 11.4. The molecule has 0 bridgehead atoms. The van der Waals surface area contributed by atoms with Gasteiger partial charge in [0, 0.05) is 6.04 Å². The van der Waals surface area contributed by atoms with Crippen molar-refractivity contribution in [1.29, 1.82) is 0 Å². The van der Waals surface area contributed by atoms with Crippen LogP contribution in [0, 0.1) is 6.92 Å². The lowest BCUT2D eigenvalue weighted by molar-refractivity contribution is 0.577. The highest BCUT2D eigenvalue weighted by molar-refractivity contribution is 5.67. The average Bonchev–Trinajstić information content (AvgIpc) is 2.41. The van der Waals surface area contributed by atoms with Crippen molar-refractivity contribution in [2.75, 3.05) is 7.05 Å². The van der Waals surface area contributed by atoms with E-state index in [2.05, 4.69) is 67.7 Å². The largest absolute Gasteiger partial charge is 0.313 e. The van der Waals surface area contributed by atoms with Gasteiger partial charge in [0.2, 0.25) is 0 Å². The molecule has 2 rings (SSSR count). The van der Waals surface area contributed by atoms with Crippen LogP contribution in [0.4, 0.5) is 0 Å². The first-order valence-corrected chi connectivity index (χ1v) is 6.59. The molecule has 2 aromatic rings. The minimum atomic E-state index is 0.439. The molecule has 0 aromatic heterocycles. The van der Waals surface area contributed by atoms with Crippen molar-refractivity contribution in [1.82, 2.24) is 5.32 Å². The van der Waals surface area contributed by atoms with Crippen LogP contribution in [-0.4, -0.2) is 7.05 Å². The van der Waals surface area contributed by atoms with E-state index in [1.54, 1.807) is 0 Å². The number of rotatable bonds is 4. The van der Waals surface area contributed by atoms with Crippen molar-refractivity contribution < 1.29 is 0 Å². The average molecular weight is 239 g/mol. The second-order valence-corrected chi connectivity index (χ2v) is 4.69. The highest BCUT2D eigenvalue weighted by Gasteiger charge is 2.08. The molecule has 0 amide bonds. The van der Waals surface area contributed by atoms with E-state index in [1.807, 2.05) is 7.05 Å². The second kappa shape index (κ2) is 5.83. The van der Waals surface area contributed by atoms with Crippen LogP contribution in [0.25, 0.3) is 11.1 Å². The van der Waals surface area contributed by atoms with E-state index < -0.39 is 0 Å². The Morgan fingerprint density at radius 1 is 1.06 bits per heavy atom. The van der Waals surface area contributed by atoms with Gasteiger partial charge in [-0.1, -0.05) is 49.4 Å². The first-order valence-electron chi connectivity index (χ1n) is 6.59. The minimum Gasteiger partial charge on any atom is -0.313 e. The van der Waals surface area contributed by atoms with Gasteiger partial charge >= 0.3 is 0 Å². The molecule has 0 aliphatic rings. The normalized spacial score (nSPS) is 12.4. The summed E-state index contributed by atoms with van der Waals surface area (Å²) in [5.74, 6) is 0. The molecule has 0 aliphatic heterocycles. The highest BCUT2D eigenvalue weighted by atomic mass is 14.9. The lowest BCUT2D eigenvalue weighted by Gasteiger charge is -2.16. The maximum Gasteiger partial charge on any atom is 0.0315 e. The summed E-state index contributed by atoms with van der Waals surface area (Å²) in [5, 5.41) is 3.36. The van der Waals surface area contributed by atoms with E-state index in [1.165, 1.54) is 22.3 Å². The van der Waals surface area contributed by atoms with Crippen LogP contribution in [0.15, 0.2) is 48.5 Å². The molecule has 1 atom stereocenters. The third-order valence-electron chi connectivity index (χ3n) is 3.50. The lowest BCUT2D eigenvalue weighted by atomic mass is 9.96. The zero-order valence-electron chi connectivity index (χ0n) is 11.4. The molecular weight excluding hydrogens is 218 g/mol. The van der Waals surface area contributed by atoms with Gasteiger partial charge in [-0.2, -0.15) is 0 Å². The molecule has 0 aliphatic carbocycles. The maximum atomic E-state index is 3.36. The molecule has 0 saturated carbocycles. The van der Waals surface area contributed by atoms with Crippen molar-refractivity contribution in [2.24, 2.45) is 0 Å². The zero-order chi connectivity index (χ0) is 13.0. The monoisotopic (exact) mass is 239 g/mol. The summed E-state index contributed by atoms with van der Waals surface area (Å²) in [6, 6.07) is 17.8. The van der Waals surface area contributed by atoms with E-state index in [0.717, 1.165) is 6.42 Å². The van der Waals surface area contributed by atoms with Crippen molar-refractivity contribution >= 4 is 0 Å². The number of aryl methyl sites for hydroxylation is 1. The van der Waals surface area contributed by atoms with Gasteiger partial charge in [0.05, 0.1) is 0 Å². The number of nitrogens with one attached hydrogen (secondary N) is 1. The van der Waals surface area contributed by atoms with Gasteiger partial charge in [-0.3, -0.25) is 0 Å². The summed E-state index contributed by atoms with van der Waals surface area (Å²) in [4.78, 5) is 0. The van der Waals surface area contributed by atoms with Crippen molar-refractivity contribution in [3.8, 4) is 11.1 Å². The van der Waals surface area contributed by atoms with Crippen molar-refractivity contribution in [3.05, 3.63) is 59.7 Å². The molecule has 2 aromatic carbocycles. The lowest BCUT2D eigenvalue weighted by Crippen LogP contribution is -2.15. The van der Waals surface area contributed by atoms with Crippen LogP contribution < -0.4 is 5.32 Å². The molecule has 0 radical (unpaired) electrons. The van der Waals surface area contributed by atoms with Gasteiger partial charge in [0.15, 0.2) is 0 Å². The van der Waals surface area contributed by atoms with E-state index in [9.17, 15) is 0 Å². The number of hydrogen-bond donors (Lipinski definition) is 1. The summed E-state index contributed by atoms with van der Waals surface area (Å²) in [6.45, 7) is 4.37. The summed E-state index contributed by atoms with van der Waals surface area (Å²) in [5.41, 5.74) is 5.32. The first-order chi connectivity index (χ1) is 8.76. The molecule has 1 heteroatoms. The third kappa shape index (κ3) is 2.62. The van der Waals surface area contributed by atoms with Crippen LogP contribution >= 0.6 is 0 Å². The molecular formula is C17H21N. The van der Waals surface area contributed by atoms with E-state index >= 15 is 0 Å². The molecule has 94 valence electrons. The van der Waals surface area contributed by atoms with Gasteiger partial charge in [0.25, 0.3) is 0 Å². The smallest absolute Gasteiger partial charge is 0.0315 e. The van der Waals surface area contributed by atoms with Gasteiger partial charge in [0.1, 0.15) is 0 Å². The Kier molecular flexibility index (Phi) is 4.16. The van der Waals surface area contributed by atoms with E-state index in [-0.39, 0.29) is 0 Å². The summed E-state index contributed by atoms with van der Waals surface area (Å²) in [6.07, 6.45) is 1.10. The quantitative estimate of drug-likeness (QED) is 0.837. The molecule has 18 heavy (non-hydrogen) atoms. The number of benzene rings is 2. The van der Waals surface area contributed by atoms with Crippen LogP contribution in [0.3, 0.4) is 0 Å². The summed E-state index contributed by atoms with van der Waals surface area (Å²) in [7, 11) is 2.02. The van der Waals surface area contributed by atoms with Crippen LogP contribution in [0.1, 0.15) is 30.5 Å². The van der Waals surface area contributed by atoms with Gasteiger partial charge in [-0.15, -0.1) is 0 Å². The Morgan fingerprint density at radius 2 is 1.83 bits per heavy atom. The first kappa shape index (κ1) is 12.8. The van der Waals surface area contributed by atoms with Crippen LogP contribution in [0.2, 0.25) is 0 Å². The van der Waals surface area contributed by atoms with Gasteiger partial charge in [-0.05, 0) is 48.7 Å². The minimum absolute atomic E-state index is 0.439. The fourth-order valence-electron chi connectivity index (χ4n) is 2.43. The van der Waals surface area contributed by atoms with Crippen molar-refractivity contribution in [2.45, 2.75) is 26.3 Å². The molecule has 1 unspecified atom stereocenters. The van der Waals surface area contributed by atoms with Crippen molar-refractivity contribution in [3.63, 3.8) is 0 Å². The topological polar surface area (TPSA) is 12.0 Å². The SMILES string of the molecule is CCC(NC)c1cccc(-c2ccccc2C)c1. The van der Waals surface area contributed by atoms with Crippen LogP contribution in [-0.2, 0) is 0 Å². The molecule has 1 nitrogen and oxygen atoms in total. The number of hydrogen-bond acceptors (Lipinski definition) is 1. The Balaban J connectivity index is 2.42. The molecule has 0 heterocycles. The summed E-state index contributed by atoms with van der Waals surface area (Å²) < 4.78 is 0. The van der Waals surface area contributed by atoms with Gasteiger partial charge < -0.3 is 5.32 Å². The Bertz CT molecular complexity index is 513. The van der Waals surface area contributed by atoms with E-state index in [0.29, 0.717) is 6.04 Å². The second-order valence-electron chi connectivity index (χ2n) is 4.69. The van der Waals surface area contributed by atoms with Crippen LogP contribution in [0.5, 0.6) is 0 Å². The predicted octanol–water partition coefficient (Wildman–Crippen LogP) is 4.33. The maximum absolute atomic E-state index is 3.36. The van der Waals surface area contributed by atoms with Gasteiger partial charge in [-0.25, -0.2) is 0 Å². The molecule has 0 saturated heterocycles. The predicted molar refractivity (Wildman–Crippen MR) is 78.7 cm³/mol. The molecule has 0 fully saturated rings. The molecule has 1 N–H and O–H groups in total. The Hall–Kier alpha value is -1.60. The standard InChI is InChI=1S/C17H21N/c1-4-17(18-3)15-10-7-9-14(12-15)16-11-6-5-8-13(16)2/h5-12,17-18H,4H2,1-3H3. The summed E-state index contributed by atoms with van der Waals surface area (Å²) >= 11 is 0. The third-order valence-corrected chi connectivity index (χ3v) is 3.50. The molecule has 0 spiro atoms. The van der Waals surface area contributed by atoms with E-state index in [4.69, 9.17) is 0 Å². The Morgan fingerprint density at radius 3 is 2.50 bits per heavy atom. The fourth-order valence-corrected chi connectivity index (χ4v) is 2.43. The Labute approximate surface area is 110 Å².